The maximum absolute atomic E-state index is 13.9. The lowest BCUT2D eigenvalue weighted by atomic mass is 9.95. The Morgan fingerprint density at radius 1 is 1.10 bits per heavy atom. The van der Waals surface area contributed by atoms with Gasteiger partial charge in [0.15, 0.2) is 0 Å². The highest BCUT2D eigenvalue weighted by molar-refractivity contribution is 5.30. The third kappa shape index (κ3) is 3.42. The van der Waals surface area contributed by atoms with E-state index in [1.54, 1.807) is 18.2 Å². The first-order chi connectivity index (χ1) is 9.61. The lowest BCUT2D eigenvalue weighted by Crippen LogP contribution is -2.24. The number of rotatable bonds is 5. The van der Waals surface area contributed by atoms with E-state index in [4.69, 9.17) is 0 Å². The molecule has 0 heterocycles. The molecule has 1 unspecified atom stereocenters. The van der Waals surface area contributed by atoms with Crippen molar-refractivity contribution in [1.82, 2.24) is 5.32 Å². The molecular formula is C17H19F2N. The van der Waals surface area contributed by atoms with Gasteiger partial charge in [-0.15, -0.1) is 0 Å². The summed E-state index contributed by atoms with van der Waals surface area (Å²) in [4.78, 5) is 0. The molecule has 0 fully saturated rings. The minimum Gasteiger partial charge on any atom is -0.310 e. The topological polar surface area (TPSA) is 12.0 Å². The van der Waals surface area contributed by atoms with Crippen molar-refractivity contribution in [3.63, 3.8) is 0 Å². The minimum atomic E-state index is -0.255. The molecule has 1 atom stereocenters. The molecule has 0 saturated carbocycles. The molecular weight excluding hydrogens is 256 g/mol. The zero-order valence-electron chi connectivity index (χ0n) is 11.8. The summed E-state index contributed by atoms with van der Waals surface area (Å²) in [6.45, 7) is 4.65. The maximum Gasteiger partial charge on any atom is 0.127 e. The first-order valence-corrected chi connectivity index (χ1v) is 6.84. The van der Waals surface area contributed by atoms with E-state index in [-0.39, 0.29) is 17.7 Å². The van der Waals surface area contributed by atoms with Gasteiger partial charge in [0, 0.05) is 11.6 Å². The quantitative estimate of drug-likeness (QED) is 0.863. The summed E-state index contributed by atoms with van der Waals surface area (Å²) in [5, 5.41) is 3.27. The van der Waals surface area contributed by atoms with Crippen molar-refractivity contribution in [1.29, 1.82) is 0 Å². The third-order valence-corrected chi connectivity index (χ3v) is 3.47. The van der Waals surface area contributed by atoms with Gasteiger partial charge in [0.1, 0.15) is 11.6 Å². The lowest BCUT2D eigenvalue weighted by Gasteiger charge is -2.20. The van der Waals surface area contributed by atoms with E-state index in [1.807, 2.05) is 19.9 Å². The molecule has 20 heavy (non-hydrogen) atoms. The van der Waals surface area contributed by atoms with Gasteiger partial charge in [-0.3, -0.25) is 0 Å². The second kappa shape index (κ2) is 6.62. The Balaban J connectivity index is 2.30. The standard InChI is InChI=1S/C17H19F2N/c1-3-20-17(15-6-4-5-7-16(15)19)11-13-10-14(18)9-8-12(13)2/h4-10,17,20H,3,11H2,1-2H3. The van der Waals surface area contributed by atoms with E-state index in [9.17, 15) is 8.78 Å². The van der Waals surface area contributed by atoms with Gasteiger partial charge in [-0.2, -0.15) is 0 Å². The third-order valence-electron chi connectivity index (χ3n) is 3.47. The van der Waals surface area contributed by atoms with Gasteiger partial charge in [-0.05, 0) is 49.2 Å². The molecule has 2 aromatic carbocycles. The molecule has 0 aromatic heterocycles. The van der Waals surface area contributed by atoms with Crippen LogP contribution in [-0.2, 0) is 6.42 Å². The number of halogens is 2. The fourth-order valence-electron chi connectivity index (χ4n) is 2.38. The smallest absolute Gasteiger partial charge is 0.127 e. The van der Waals surface area contributed by atoms with Crippen LogP contribution in [0.5, 0.6) is 0 Å². The summed E-state index contributed by atoms with van der Waals surface area (Å²) in [5.41, 5.74) is 2.54. The van der Waals surface area contributed by atoms with E-state index in [0.717, 1.165) is 17.7 Å². The molecule has 0 saturated heterocycles. The first-order valence-electron chi connectivity index (χ1n) is 6.84. The van der Waals surface area contributed by atoms with Gasteiger partial charge in [0.2, 0.25) is 0 Å². The molecule has 1 nitrogen and oxygen atoms in total. The van der Waals surface area contributed by atoms with Crippen LogP contribution in [-0.4, -0.2) is 6.54 Å². The van der Waals surface area contributed by atoms with Crippen LogP contribution in [0.3, 0.4) is 0 Å². The molecule has 0 spiro atoms. The van der Waals surface area contributed by atoms with E-state index >= 15 is 0 Å². The van der Waals surface area contributed by atoms with Gasteiger partial charge in [-0.1, -0.05) is 31.2 Å². The van der Waals surface area contributed by atoms with Crippen LogP contribution < -0.4 is 5.32 Å². The van der Waals surface area contributed by atoms with Crippen LogP contribution >= 0.6 is 0 Å². The Morgan fingerprint density at radius 2 is 1.85 bits per heavy atom. The Hall–Kier alpha value is -1.74. The SMILES string of the molecule is CCNC(Cc1cc(F)ccc1C)c1ccccc1F. The highest BCUT2D eigenvalue weighted by Crippen LogP contribution is 2.23. The molecule has 0 aliphatic carbocycles. The molecule has 2 rings (SSSR count). The normalized spacial score (nSPS) is 12.4. The highest BCUT2D eigenvalue weighted by Gasteiger charge is 2.16. The van der Waals surface area contributed by atoms with Crippen molar-refractivity contribution in [2.75, 3.05) is 6.54 Å². The summed E-state index contributed by atoms with van der Waals surface area (Å²) in [6, 6.07) is 11.3. The molecule has 0 aliphatic heterocycles. The van der Waals surface area contributed by atoms with Crippen molar-refractivity contribution in [2.45, 2.75) is 26.3 Å². The Morgan fingerprint density at radius 3 is 2.55 bits per heavy atom. The summed E-state index contributed by atoms with van der Waals surface area (Å²) >= 11 is 0. The average molecular weight is 275 g/mol. The largest absolute Gasteiger partial charge is 0.310 e. The van der Waals surface area contributed by atoms with Crippen LogP contribution in [0.2, 0.25) is 0 Å². The van der Waals surface area contributed by atoms with Crippen LogP contribution in [0.1, 0.15) is 29.7 Å². The first kappa shape index (κ1) is 14.7. The fraction of sp³-hybridized carbons (Fsp3) is 0.294. The zero-order chi connectivity index (χ0) is 14.5. The lowest BCUT2D eigenvalue weighted by molar-refractivity contribution is 0.508. The molecule has 0 radical (unpaired) electrons. The molecule has 0 bridgehead atoms. The van der Waals surface area contributed by atoms with Crippen molar-refractivity contribution < 1.29 is 8.78 Å². The monoisotopic (exact) mass is 275 g/mol. The second-order valence-corrected chi connectivity index (χ2v) is 4.91. The van der Waals surface area contributed by atoms with E-state index in [2.05, 4.69) is 5.32 Å². The Labute approximate surface area is 118 Å². The number of likely N-dealkylation sites (N-methyl/N-ethyl adjacent to an activating group) is 1. The van der Waals surface area contributed by atoms with Gasteiger partial charge >= 0.3 is 0 Å². The summed E-state index contributed by atoms with van der Waals surface area (Å²) in [5.74, 6) is -0.484. The van der Waals surface area contributed by atoms with Crippen LogP contribution in [0.4, 0.5) is 8.78 Å². The predicted octanol–water partition coefficient (Wildman–Crippen LogP) is 4.17. The number of hydrogen-bond donors (Lipinski definition) is 1. The van der Waals surface area contributed by atoms with Crippen LogP contribution in [0, 0.1) is 18.6 Å². The van der Waals surface area contributed by atoms with Gasteiger partial charge in [-0.25, -0.2) is 8.78 Å². The molecule has 1 N–H and O–H groups in total. The minimum absolute atomic E-state index is 0.151. The Kier molecular flexibility index (Phi) is 4.85. The van der Waals surface area contributed by atoms with Gasteiger partial charge in [0.25, 0.3) is 0 Å². The van der Waals surface area contributed by atoms with E-state index in [1.165, 1.54) is 18.2 Å². The van der Waals surface area contributed by atoms with Crippen molar-refractivity contribution in [3.8, 4) is 0 Å². The Bertz CT molecular complexity index is 581. The van der Waals surface area contributed by atoms with Crippen LogP contribution in [0.25, 0.3) is 0 Å². The molecule has 0 amide bonds. The molecule has 3 heteroatoms. The highest BCUT2D eigenvalue weighted by atomic mass is 19.1. The summed E-state index contributed by atoms with van der Waals surface area (Å²) in [6.07, 6.45) is 0.568. The zero-order valence-corrected chi connectivity index (χ0v) is 11.8. The summed E-state index contributed by atoms with van der Waals surface area (Å²) in [7, 11) is 0. The number of nitrogens with one attached hydrogen (secondary N) is 1. The fourth-order valence-corrected chi connectivity index (χ4v) is 2.38. The van der Waals surface area contributed by atoms with Crippen molar-refractivity contribution in [2.24, 2.45) is 0 Å². The maximum atomic E-state index is 13.9. The number of benzene rings is 2. The summed E-state index contributed by atoms with van der Waals surface area (Å²) < 4.78 is 27.3. The van der Waals surface area contributed by atoms with Crippen molar-refractivity contribution >= 4 is 0 Å². The van der Waals surface area contributed by atoms with Gasteiger partial charge < -0.3 is 5.32 Å². The molecule has 106 valence electrons. The number of aryl methyl sites for hydroxylation is 1. The number of hydrogen-bond acceptors (Lipinski definition) is 1. The van der Waals surface area contributed by atoms with Gasteiger partial charge in [0.05, 0.1) is 0 Å². The predicted molar refractivity (Wildman–Crippen MR) is 77.7 cm³/mol. The van der Waals surface area contributed by atoms with Crippen LogP contribution in [0.15, 0.2) is 42.5 Å². The molecule has 0 aliphatic rings. The second-order valence-electron chi connectivity index (χ2n) is 4.91. The molecule has 2 aromatic rings. The van der Waals surface area contributed by atoms with E-state index in [0.29, 0.717) is 12.0 Å². The van der Waals surface area contributed by atoms with Crippen molar-refractivity contribution in [3.05, 3.63) is 70.8 Å². The van der Waals surface area contributed by atoms with E-state index < -0.39 is 0 Å². The average Bonchev–Trinajstić information content (AvgIpc) is 2.43.